The van der Waals surface area contributed by atoms with Gasteiger partial charge in [-0.2, -0.15) is 0 Å². The number of benzene rings is 2. The third kappa shape index (κ3) is 4.42. The van der Waals surface area contributed by atoms with E-state index in [0.717, 1.165) is 36.9 Å². The lowest BCUT2D eigenvalue weighted by molar-refractivity contribution is 0.473. The smallest absolute Gasteiger partial charge is 0.216 e. The number of guanidine groups is 1. The highest BCUT2D eigenvalue weighted by Crippen LogP contribution is 2.18. The Morgan fingerprint density at radius 3 is 2.65 bits per heavy atom. The largest absolute Gasteiger partial charge is 0.444 e. The van der Waals surface area contributed by atoms with Crippen LogP contribution < -0.4 is 10.6 Å². The highest BCUT2D eigenvalue weighted by Gasteiger charge is 2.06. The lowest BCUT2D eigenvalue weighted by atomic mass is 10.0. The van der Waals surface area contributed by atoms with E-state index in [9.17, 15) is 0 Å². The number of hydrogen-bond donors (Lipinski definition) is 2. The van der Waals surface area contributed by atoms with Crippen LogP contribution in [0.5, 0.6) is 0 Å². The van der Waals surface area contributed by atoms with Gasteiger partial charge in [-0.1, -0.05) is 42.5 Å². The molecule has 0 aliphatic carbocycles. The van der Waals surface area contributed by atoms with Crippen LogP contribution >= 0.6 is 0 Å². The van der Waals surface area contributed by atoms with Crippen molar-refractivity contribution in [2.45, 2.75) is 33.7 Å². The SMILES string of the molecule is CCNC(=NCc1nc(C)c(C)o1)NCCc1cccc2ccccc12. The normalized spacial score (nSPS) is 11.7. The quantitative estimate of drug-likeness (QED) is 0.525. The van der Waals surface area contributed by atoms with Gasteiger partial charge < -0.3 is 15.1 Å². The van der Waals surface area contributed by atoms with Crippen molar-refractivity contribution in [1.29, 1.82) is 0 Å². The van der Waals surface area contributed by atoms with Crippen molar-refractivity contribution in [3.8, 4) is 0 Å². The molecule has 2 aromatic carbocycles. The topological polar surface area (TPSA) is 62.5 Å². The fourth-order valence-corrected chi connectivity index (χ4v) is 2.92. The van der Waals surface area contributed by atoms with Crippen LogP contribution in [0.1, 0.15) is 29.8 Å². The number of rotatable bonds is 6. The number of oxazole rings is 1. The Kier molecular flexibility index (Phi) is 5.89. The number of hydrogen-bond acceptors (Lipinski definition) is 3. The minimum absolute atomic E-state index is 0.429. The van der Waals surface area contributed by atoms with E-state index < -0.39 is 0 Å². The molecule has 136 valence electrons. The Morgan fingerprint density at radius 2 is 1.88 bits per heavy atom. The molecule has 0 aliphatic rings. The van der Waals surface area contributed by atoms with Crippen LogP contribution in [0.2, 0.25) is 0 Å². The maximum absolute atomic E-state index is 5.59. The second-order valence-corrected chi connectivity index (χ2v) is 6.26. The molecule has 3 aromatic rings. The molecular formula is C21H26N4O. The molecule has 0 saturated carbocycles. The summed E-state index contributed by atoms with van der Waals surface area (Å²) in [6, 6.07) is 14.9. The summed E-state index contributed by atoms with van der Waals surface area (Å²) in [6.45, 7) is 7.97. The Balaban J connectivity index is 1.62. The molecule has 3 rings (SSSR count). The number of nitrogens with one attached hydrogen (secondary N) is 2. The summed E-state index contributed by atoms with van der Waals surface area (Å²) in [5, 5.41) is 9.25. The number of fused-ring (bicyclic) bond motifs is 1. The summed E-state index contributed by atoms with van der Waals surface area (Å²) in [7, 11) is 0. The van der Waals surface area contributed by atoms with Gasteiger partial charge in [0.05, 0.1) is 5.69 Å². The molecule has 26 heavy (non-hydrogen) atoms. The van der Waals surface area contributed by atoms with Gasteiger partial charge in [0, 0.05) is 13.1 Å². The van der Waals surface area contributed by atoms with Crippen molar-refractivity contribution in [2.24, 2.45) is 4.99 Å². The van der Waals surface area contributed by atoms with Crippen LogP contribution in [-0.2, 0) is 13.0 Å². The molecule has 2 N–H and O–H groups in total. The Labute approximate surface area is 154 Å². The lowest BCUT2D eigenvalue weighted by Crippen LogP contribution is -2.38. The van der Waals surface area contributed by atoms with Gasteiger partial charge in [0.1, 0.15) is 12.3 Å². The van der Waals surface area contributed by atoms with E-state index in [0.29, 0.717) is 12.4 Å². The average molecular weight is 350 g/mol. The summed E-state index contributed by atoms with van der Waals surface area (Å²) >= 11 is 0. The lowest BCUT2D eigenvalue weighted by Gasteiger charge is -2.12. The molecule has 5 nitrogen and oxygen atoms in total. The summed E-state index contributed by atoms with van der Waals surface area (Å²) in [6.07, 6.45) is 0.934. The van der Waals surface area contributed by atoms with Gasteiger partial charge in [-0.25, -0.2) is 9.98 Å². The maximum Gasteiger partial charge on any atom is 0.216 e. The minimum atomic E-state index is 0.429. The van der Waals surface area contributed by atoms with Gasteiger partial charge in [-0.15, -0.1) is 0 Å². The zero-order chi connectivity index (χ0) is 18.4. The summed E-state index contributed by atoms with van der Waals surface area (Å²) < 4.78 is 5.59. The minimum Gasteiger partial charge on any atom is -0.444 e. The first-order valence-electron chi connectivity index (χ1n) is 9.09. The molecule has 0 aliphatic heterocycles. The zero-order valence-corrected chi connectivity index (χ0v) is 15.7. The van der Waals surface area contributed by atoms with E-state index in [-0.39, 0.29) is 0 Å². The molecular weight excluding hydrogens is 324 g/mol. The fraction of sp³-hybridized carbons (Fsp3) is 0.333. The predicted molar refractivity (Wildman–Crippen MR) is 106 cm³/mol. The second kappa shape index (κ2) is 8.52. The van der Waals surface area contributed by atoms with Crippen molar-refractivity contribution in [3.63, 3.8) is 0 Å². The van der Waals surface area contributed by atoms with Crippen molar-refractivity contribution in [1.82, 2.24) is 15.6 Å². The third-order valence-electron chi connectivity index (χ3n) is 4.36. The molecule has 0 radical (unpaired) electrons. The van der Waals surface area contributed by atoms with E-state index in [2.05, 4.69) is 70.0 Å². The van der Waals surface area contributed by atoms with Crippen LogP contribution in [0.25, 0.3) is 10.8 Å². The second-order valence-electron chi connectivity index (χ2n) is 6.26. The molecule has 0 amide bonds. The van der Waals surface area contributed by atoms with Crippen molar-refractivity contribution in [2.75, 3.05) is 13.1 Å². The van der Waals surface area contributed by atoms with Gasteiger partial charge in [-0.3, -0.25) is 0 Å². The van der Waals surface area contributed by atoms with Crippen LogP contribution in [0.15, 0.2) is 51.9 Å². The fourth-order valence-electron chi connectivity index (χ4n) is 2.92. The summed E-state index contributed by atoms with van der Waals surface area (Å²) in [5.41, 5.74) is 2.26. The summed E-state index contributed by atoms with van der Waals surface area (Å²) in [5.74, 6) is 2.27. The molecule has 0 unspecified atom stereocenters. The maximum atomic E-state index is 5.59. The monoisotopic (exact) mass is 350 g/mol. The van der Waals surface area contributed by atoms with E-state index in [4.69, 9.17) is 4.42 Å². The number of aliphatic imine (C=N–C) groups is 1. The molecule has 1 heterocycles. The molecule has 0 spiro atoms. The van der Waals surface area contributed by atoms with Gasteiger partial charge in [-0.05, 0) is 43.5 Å². The average Bonchev–Trinajstić information content (AvgIpc) is 2.97. The van der Waals surface area contributed by atoms with Crippen LogP contribution in [0.4, 0.5) is 0 Å². The van der Waals surface area contributed by atoms with E-state index in [1.807, 2.05) is 13.8 Å². The first-order valence-corrected chi connectivity index (χ1v) is 9.09. The standard InChI is InChI=1S/C21H26N4O/c1-4-22-21(24-14-20-25-15(2)16(3)26-20)23-13-12-18-10-7-9-17-8-5-6-11-19(17)18/h5-11H,4,12-14H2,1-3H3,(H2,22,23,24). The third-order valence-corrected chi connectivity index (χ3v) is 4.36. The van der Waals surface area contributed by atoms with Gasteiger partial charge in [0.2, 0.25) is 5.89 Å². The van der Waals surface area contributed by atoms with Crippen LogP contribution in [0, 0.1) is 13.8 Å². The molecule has 0 fully saturated rings. The summed E-state index contributed by atoms with van der Waals surface area (Å²) in [4.78, 5) is 8.94. The molecule has 0 bridgehead atoms. The number of aryl methyl sites for hydroxylation is 2. The van der Waals surface area contributed by atoms with Crippen LogP contribution in [0.3, 0.4) is 0 Å². The van der Waals surface area contributed by atoms with Gasteiger partial charge in [0.25, 0.3) is 0 Å². The number of nitrogens with zero attached hydrogens (tertiary/aromatic N) is 2. The Hall–Kier alpha value is -2.82. The van der Waals surface area contributed by atoms with Crippen molar-refractivity contribution >= 4 is 16.7 Å². The first-order chi connectivity index (χ1) is 12.7. The Bertz CT molecular complexity index is 873. The van der Waals surface area contributed by atoms with E-state index in [1.165, 1.54) is 16.3 Å². The van der Waals surface area contributed by atoms with E-state index >= 15 is 0 Å². The molecule has 0 saturated heterocycles. The van der Waals surface area contributed by atoms with E-state index in [1.54, 1.807) is 0 Å². The van der Waals surface area contributed by atoms with Crippen LogP contribution in [-0.4, -0.2) is 24.0 Å². The molecule has 1 aromatic heterocycles. The van der Waals surface area contributed by atoms with Gasteiger partial charge >= 0.3 is 0 Å². The molecule has 5 heteroatoms. The predicted octanol–water partition coefficient (Wildman–Crippen LogP) is 3.74. The van der Waals surface area contributed by atoms with Crippen molar-refractivity contribution in [3.05, 3.63) is 65.4 Å². The number of aromatic nitrogens is 1. The molecule has 0 atom stereocenters. The van der Waals surface area contributed by atoms with Crippen molar-refractivity contribution < 1.29 is 4.42 Å². The highest BCUT2D eigenvalue weighted by atomic mass is 16.4. The Morgan fingerprint density at radius 1 is 1.08 bits per heavy atom. The van der Waals surface area contributed by atoms with Gasteiger partial charge in [0.15, 0.2) is 5.96 Å². The first kappa shape index (κ1) is 18.0. The highest BCUT2D eigenvalue weighted by molar-refractivity contribution is 5.85. The zero-order valence-electron chi connectivity index (χ0n) is 15.7.